The molecule has 9 heteroatoms. The Balaban J connectivity index is 1.39. The van der Waals surface area contributed by atoms with Gasteiger partial charge in [0.2, 0.25) is 10.0 Å². The van der Waals surface area contributed by atoms with E-state index in [1.54, 1.807) is 11.6 Å². The van der Waals surface area contributed by atoms with E-state index in [0.717, 1.165) is 41.9 Å². The first-order valence-electron chi connectivity index (χ1n) is 10.5. The van der Waals surface area contributed by atoms with Crippen LogP contribution in [0.15, 0.2) is 65.0 Å². The normalized spacial score (nSPS) is 14.8. The number of nitrogens with zero attached hydrogens (tertiary/aromatic N) is 2. The van der Waals surface area contributed by atoms with Crippen molar-refractivity contribution in [1.29, 1.82) is 0 Å². The fraction of sp³-hybridized carbons (Fsp3) is 0.304. The maximum atomic E-state index is 13.0. The molecule has 0 spiro atoms. The molecule has 0 aliphatic carbocycles. The second-order valence-electron chi connectivity index (χ2n) is 7.52. The van der Waals surface area contributed by atoms with Crippen molar-refractivity contribution in [2.24, 2.45) is 0 Å². The van der Waals surface area contributed by atoms with Crippen molar-refractivity contribution in [1.82, 2.24) is 14.6 Å². The molecular formula is C23H25N3O4S2. The van der Waals surface area contributed by atoms with Crippen LogP contribution < -0.4 is 10.1 Å². The average molecular weight is 472 g/mol. The Morgan fingerprint density at radius 2 is 1.94 bits per heavy atom. The van der Waals surface area contributed by atoms with Gasteiger partial charge in [-0.3, -0.25) is 9.78 Å². The molecule has 7 nitrogen and oxygen atoms in total. The van der Waals surface area contributed by atoms with E-state index in [1.165, 1.54) is 10.4 Å². The molecule has 1 aliphatic rings. The van der Waals surface area contributed by atoms with E-state index >= 15 is 0 Å². The summed E-state index contributed by atoms with van der Waals surface area (Å²) in [6.07, 6.45) is 4.45. The molecule has 3 heterocycles. The SMILES string of the molecule is O=C(NCc1cccc(OCc2ccccn2)c1)c1sccc1S(=O)(=O)N1CCCCC1. The quantitative estimate of drug-likeness (QED) is 0.539. The molecule has 0 saturated carbocycles. The lowest BCUT2D eigenvalue weighted by atomic mass is 10.2. The largest absolute Gasteiger partial charge is 0.487 e. The first kappa shape index (κ1) is 22.4. The first-order chi connectivity index (χ1) is 15.5. The van der Waals surface area contributed by atoms with E-state index in [-0.39, 0.29) is 16.3 Å². The number of pyridine rings is 1. The molecule has 1 fully saturated rings. The van der Waals surface area contributed by atoms with Gasteiger partial charge in [-0.05, 0) is 54.1 Å². The topological polar surface area (TPSA) is 88.6 Å². The van der Waals surface area contributed by atoms with Crippen LogP contribution >= 0.6 is 11.3 Å². The Morgan fingerprint density at radius 3 is 2.72 bits per heavy atom. The van der Waals surface area contributed by atoms with Gasteiger partial charge < -0.3 is 10.1 Å². The van der Waals surface area contributed by atoms with Gasteiger partial charge in [0.1, 0.15) is 22.1 Å². The minimum atomic E-state index is -3.66. The van der Waals surface area contributed by atoms with E-state index in [2.05, 4.69) is 10.3 Å². The van der Waals surface area contributed by atoms with E-state index in [4.69, 9.17) is 4.74 Å². The van der Waals surface area contributed by atoms with Crippen molar-refractivity contribution >= 4 is 27.3 Å². The third-order valence-corrected chi connectivity index (χ3v) is 8.22. The van der Waals surface area contributed by atoms with E-state index < -0.39 is 15.9 Å². The molecule has 0 unspecified atom stereocenters. The second kappa shape index (κ2) is 10.2. The van der Waals surface area contributed by atoms with Crippen molar-refractivity contribution in [2.45, 2.75) is 37.3 Å². The molecule has 168 valence electrons. The number of hydrogen-bond acceptors (Lipinski definition) is 6. The van der Waals surface area contributed by atoms with Gasteiger partial charge in [-0.1, -0.05) is 24.6 Å². The summed E-state index contributed by atoms with van der Waals surface area (Å²) in [5, 5.41) is 4.49. The number of nitrogens with one attached hydrogen (secondary N) is 1. The highest BCUT2D eigenvalue weighted by atomic mass is 32.2. The van der Waals surface area contributed by atoms with Gasteiger partial charge in [-0.25, -0.2) is 8.42 Å². The predicted molar refractivity (Wildman–Crippen MR) is 123 cm³/mol. The molecular weight excluding hydrogens is 446 g/mol. The number of benzene rings is 1. The molecule has 0 bridgehead atoms. The van der Waals surface area contributed by atoms with Gasteiger partial charge in [0, 0.05) is 25.8 Å². The number of carbonyl (C=O) groups is 1. The highest BCUT2D eigenvalue weighted by Crippen LogP contribution is 2.27. The van der Waals surface area contributed by atoms with Crippen LogP contribution in [-0.4, -0.2) is 36.7 Å². The van der Waals surface area contributed by atoms with Crippen molar-refractivity contribution in [2.75, 3.05) is 13.1 Å². The van der Waals surface area contributed by atoms with Gasteiger partial charge >= 0.3 is 0 Å². The van der Waals surface area contributed by atoms with Crippen molar-refractivity contribution < 1.29 is 17.9 Å². The van der Waals surface area contributed by atoms with E-state index in [9.17, 15) is 13.2 Å². The highest BCUT2D eigenvalue weighted by molar-refractivity contribution is 7.89. The minimum absolute atomic E-state index is 0.0920. The summed E-state index contributed by atoms with van der Waals surface area (Å²) in [5.74, 6) is 0.280. The number of aromatic nitrogens is 1. The summed E-state index contributed by atoms with van der Waals surface area (Å²) in [5.41, 5.74) is 1.68. The molecule has 1 aromatic carbocycles. The summed E-state index contributed by atoms with van der Waals surface area (Å²) < 4.78 is 33.3. The number of rotatable bonds is 8. The number of amides is 1. The lowest BCUT2D eigenvalue weighted by Crippen LogP contribution is -2.36. The summed E-state index contributed by atoms with van der Waals surface area (Å²) in [6, 6.07) is 14.6. The third kappa shape index (κ3) is 5.35. The molecule has 1 N–H and O–H groups in total. The standard InChI is InChI=1S/C23H25N3O4S2/c27-23(22-21(10-14-31-22)32(28,29)26-12-4-1-5-13-26)25-16-18-7-6-9-20(15-18)30-17-19-8-2-3-11-24-19/h2-3,6-11,14-15H,1,4-5,12-13,16-17H2,(H,25,27). The van der Waals surface area contributed by atoms with Crippen LogP contribution in [0.2, 0.25) is 0 Å². The second-order valence-corrected chi connectivity index (χ2v) is 10.3. The Labute approximate surface area is 192 Å². The summed E-state index contributed by atoms with van der Waals surface area (Å²) in [7, 11) is -3.66. The number of hydrogen-bond donors (Lipinski definition) is 1. The summed E-state index contributed by atoms with van der Waals surface area (Å²) in [6.45, 7) is 1.62. The van der Waals surface area contributed by atoms with Crippen LogP contribution in [0.4, 0.5) is 0 Å². The Bertz CT molecular complexity index is 1160. The van der Waals surface area contributed by atoms with Gasteiger partial charge in [0.25, 0.3) is 5.91 Å². The van der Waals surface area contributed by atoms with Crippen LogP contribution in [0.3, 0.4) is 0 Å². The smallest absolute Gasteiger partial charge is 0.263 e. The molecule has 4 rings (SSSR count). The minimum Gasteiger partial charge on any atom is -0.487 e. The number of piperidine rings is 1. The maximum Gasteiger partial charge on any atom is 0.263 e. The van der Waals surface area contributed by atoms with E-state index in [0.29, 0.717) is 25.4 Å². The van der Waals surface area contributed by atoms with Crippen LogP contribution in [0.1, 0.15) is 40.2 Å². The fourth-order valence-electron chi connectivity index (χ4n) is 3.56. The third-order valence-electron chi connectivity index (χ3n) is 5.23. The zero-order valence-electron chi connectivity index (χ0n) is 17.6. The average Bonchev–Trinajstić information content (AvgIpc) is 3.34. The van der Waals surface area contributed by atoms with Crippen molar-refractivity contribution in [3.8, 4) is 5.75 Å². The zero-order chi connectivity index (χ0) is 22.4. The number of ether oxygens (including phenoxy) is 1. The summed E-state index contributed by atoms with van der Waals surface area (Å²) >= 11 is 1.14. The van der Waals surface area contributed by atoms with Gasteiger partial charge in [0.15, 0.2) is 0 Å². The molecule has 1 saturated heterocycles. The predicted octanol–water partition coefficient (Wildman–Crippen LogP) is 3.83. The Kier molecular flexibility index (Phi) is 7.19. The van der Waals surface area contributed by atoms with Crippen LogP contribution in [-0.2, 0) is 23.2 Å². The van der Waals surface area contributed by atoms with Gasteiger partial charge in [-0.2, -0.15) is 4.31 Å². The van der Waals surface area contributed by atoms with Crippen LogP contribution in [0, 0.1) is 0 Å². The van der Waals surface area contributed by atoms with Gasteiger partial charge in [-0.15, -0.1) is 11.3 Å². The Morgan fingerprint density at radius 1 is 1.09 bits per heavy atom. The molecule has 0 atom stereocenters. The number of sulfonamides is 1. The molecule has 1 aliphatic heterocycles. The molecule has 1 amide bonds. The first-order valence-corrected chi connectivity index (χ1v) is 12.8. The van der Waals surface area contributed by atoms with Crippen LogP contribution in [0.25, 0.3) is 0 Å². The fourth-order valence-corrected chi connectivity index (χ4v) is 6.39. The number of carbonyl (C=O) groups excluding carboxylic acids is 1. The molecule has 2 aromatic heterocycles. The van der Waals surface area contributed by atoms with Gasteiger partial charge in [0.05, 0.1) is 5.69 Å². The number of thiophene rings is 1. The maximum absolute atomic E-state index is 13.0. The van der Waals surface area contributed by atoms with Crippen LogP contribution in [0.5, 0.6) is 5.75 Å². The van der Waals surface area contributed by atoms with Crippen molar-refractivity contribution in [3.63, 3.8) is 0 Å². The lowest BCUT2D eigenvalue weighted by Gasteiger charge is -2.25. The summed E-state index contributed by atoms with van der Waals surface area (Å²) in [4.78, 5) is 17.3. The van der Waals surface area contributed by atoms with Crippen molar-refractivity contribution in [3.05, 3.63) is 76.2 Å². The molecule has 32 heavy (non-hydrogen) atoms. The Hall–Kier alpha value is -2.75. The van der Waals surface area contributed by atoms with E-state index in [1.807, 2.05) is 42.5 Å². The highest BCUT2D eigenvalue weighted by Gasteiger charge is 2.30. The lowest BCUT2D eigenvalue weighted by molar-refractivity contribution is 0.0951. The monoisotopic (exact) mass is 471 g/mol. The molecule has 0 radical (unpaired) electrons. The molecule has 3 aromatic rings. The zero-order valence-corrected chi connectivity index (χ0v) is 19.2.